The highest BCUT2D eigenvalue weighted by Gasteiger charge is 2.17. The SMILES string of the molecule is CC1CCN(CCC(=O)c2ccc3c(c2)CCCC3)CC1. The van der Waals surface area contributed by atoms with Gasteiger partial charge in [0.05, 0.1) is 0 Å². The summed E-state index contributed by atoms with van der Waals surface area (Å²) in [6.45, 7) is 5.59. The number of likely N-dealkylation sites (tertiary alicyclic amines) is 1. The molecule has 0 N–H and O–H groups in total. The molecular formula is C19H27NO. The summed E-state index contributed by atoms with van der Waals surface area (Å²) >= 11 is 0. The highest BCUT2D eigenvalue weighted by Crippen LogP contribution is 2.23. The first-order valence-electron chi connectivity index (χ1n) is 8.60. The number of fused-ring (bicyclic) bond motifs is 1. The van der Waals surface area contributed by atoms with Gasteiger partial charge in [-0.05, 0) is 74.7 Å². The third-order valence-corrected chi connectivity index (χ3v) is 5.20. The number of Topliss-reactive ketones (excluding diaryl/α,β-unsaturated/α-hetero) is 1. The maximum absolute atomic E-state index is 12.4. The maximum Gasteiger partial charge on any atom is 0.164 e. The molecule has 114 valence electrons. The smallest absolute Gasteiger partial charge is 0.164 e. The zero-order valence-corrected chi connectivity index (χ0v) is 13.2. The van der Waals surface area contributed by atoms with E-state index in [9.17, 15) is 4.79 Å². The Balaban J connectivity index is 1.55. The Morgan fingerprint density at radius 3 is 2.62 bits per heavy atom. The Labute approximate surface area is 128 Å². The summed E-state index contributed by atoms with van der Waals surface area (Å²) < 4.78 is 0. The molecule has 0 aromatic heterocycles. The van der Waals surface area contributed by atoms with Crippen molar-refractivity contribution in [3.8, 4) is 0 Å². The monoisotopic (exact) mass is 285 g/mol. The van der Waals surface area contributed by atoms with E-state index >= 15 is 0 Å². The molecule has 1 saturated heterocycles. The minimum absolute atomic E-state index is 0.321. The fraction of sp³-hybridized carbons (Fsp3) is 0.632. The Morgan fingerprint density at radius 2 is 1.86 bits per heavy atom. The standard InChI is InChI=1S/C19H27NO/c1-15-8-11-20(12-9-15)13-10-19(21)18-7-6-16-4-2-3-5-17(16)14-18/h6-7,14-15H,2-5,8-13H2,1H3. The number of benzene rings is 1. The van der Waals surface area contributed by atoms with Gasteiger partial charge >= 0.3 is 0 Å². The molecular weight excluding hydrogens is 258 g/mol. The van der Waals surface area contributed by atoms with Crippen LogP contribution in [0, 0.1) is 5.92 Å². The molecule has 1 aliphatic heterocycles. The highest BCUT2D eigenvalue weighted by molar-refractivity contribution is 5.96. The summed E-state index contributed by atoms with van der Waals surface area (Å²) in [6, 6.07) is 6.39. The third-order valence-electron chi connectivity index (χ3n) is 5.20. The Bertz CT molecular complexity index is 500. The number of aryl methyl sites for hydroxylation is 2. The average Bonchev–Trinajstić information content (AvgIpc) is 2.53. The molecule has 1 aromatic rings. The Hall–Kier alpha value is -1.15. The van der Waals surface area contributed by atoms with Crippen molar-refractivity contribution in [3.63, 3.8) is 0 Å². The van der Waals surface area contributed by atoms with Crippen LogP contribution in [-0.2, 0) is 12.8 Å². The second-order valence-electron chi connectivity index (χ2n) is 6.89. The summed E-state index contributed by atoms with van der Waals surface area (Å²) in [6.07, 6.45) is 8.16. The van der Waals surface area contributed by atoms with Crippen molar-refractivity contribution in [2.45, 2.75) is 51.9 Å². The lowest BCUT2D eigenvalue weighted by Crippen LogP contribution is -2.34. The number of nitrogens with zero attached hydrogens (tertiary/aromatic N) is 1. The van der Waals surface area contributed by atoms with Crippen LogP contribution in [0.3, 0.4) is 0 Å². The molecule has 0 saturated carbocycles. The van der Waals surface area contributed by atoms with Gasteiger partial charge in [-0.15, -0.1) is 0 Å². The van der Waals surface area contributed by atoms with Gasteiger partial charge in [0.1, 0.15) is 0 Å². The van der Waals surface area contributed by atoms with E-state index in [2.05, 4.69) is 24.0 Å². The van der Waals surface area contributed by atoms with Crippen LogP contribution in [-0.4, -0.2) is 30.3 Å². The summed E-state index contributed by atoms with van der Waals surface area (Å²) in [5.41, 5.74) is 3.81. The first-order chi connectivity index (χ1) is 10.2. The van der Waals surface area contributed by atoms with Crippen LogP contribution < -0.4 is 0 Å². The van der Waals surface area contributed by atoms with Crippen molar-refractivity contribution in [3.05, 3.63) is 34.9 Å². The van der Waals surface area contributed by atoms with Gasteiger partial charge in [0.25, 0.3) is 0 Å². The van der Waals surface area contributed by atoms with Gasteiger partial charge in [-0.3, -0.25) is 4.79 Å². The molecule has 2 aliphatic rings. The fourth-order valence-corrected chi connectivity index (χ4v) is 3.60. The van der Waals surface area contributed by atoms with E-state index in [0.29, 0.717) is 12.2 Å². The molecule has 0 spiro atoms. The van der Waals surface area contributed by atoms with Gasteiger partial charge in [0, 0.05) is 18.5 Å². The molecule has 1 aliphatic carbocycles. The van der Waals surface area contributed by atoms with Crippen LogP contribution in [0.15, 0.2) is 18.2 Å². The topological polar surface area (TPSA) is 20.3 Å². The number of carbonyl (C=O) groups excluding carboxylic acids is 1. The van der Waals surface area contributed by atoms with Gasteiger partial charge < -0.3 is 4.90 Å². The molecule has 0 unspecified atom stereocenters. The van der Waals surface area contributed by atoms with Crippen LogP contribution in [0.2, 0.25) is 0 Å². The van der Waals surface area contributed by atoms with Crippen LogP contribution in [0.25, 0.3) is 0 Å². The minimum atomic E-state index is 0.321. The largest absolute Gasteiger partial charge is 0.303 e. The number of ketones is 1. The third kappa shape index (κ3) is 3.74. The second-order valence-corrected chi connectivity index (χ2v) is 6.89. The zero-order chi connectivity index (χ0) is 14.7. The van der Waals surface area contributed by atoms with E-state index in [0.717, 1.165) is 24.4 Å². The predicted octanol–water partition coefficient (Wildman–Crippen LogP) is 3.87. The number of rotatable bonds is 4. The van der Waals surface area contributed by atoms with Crippen molar-refractivity contribution in [1.29, 1.82) is 0 Å². The van der Waals surface area contributed by atoms with E-state index < -0.39 is 0 Å². The molecule has 0 radical (unpaired) electrons. The maximum atomic E-state index is 12.4. The minimum Gasteiger partial charge on any atom is -0.303 e. The summed E-state index contributed by atoms with van der Waals surface area (Å²) in [4.78, 5) is 14.9. The van der Waals surface area contributed by atoms with Gasteiger partial charge in [0.2, 0.25) is 0 Å². The van der Waals surface area contributed by atoms with Gasteiger partial charge in [-0.2, -0.15) is 0 Å². The van der Waals surface area contributed by atoms with Crippen LogP contribution in [0.1, 0.15) is 60.5 Å². The van der Waals surface area contributed by atoms with Crippen molar-refractivity contribution in [2.24, 2.45) is 5.92 Å². The first kappa shape index (κ1) is 14.8. The molecule has 3 rings (SSSR count). The summed E-state index contributed by atoms with van der Waals surface area (Å²) in [5.74, 6) is 1.18. The quantitative estimate of drug-likeness (QED) is 0.783. The zero-order valence-electron chi connectivity index (χ0n) is 13.2. The van der Waals surface area contributed by atoms with Gasteiger partial charge in [0.15, 0.2) is 5.78 Å². The van der Waals surface area contributed by atoms with Crippen molar-refractivity contribution < 1.29 is 4.79 Å². The molecule has 0 amide bonds. The number of carbonyl (C=O) groups is 1. The molecule has 1 fully saturated rings. The fourth-order valence-electron chi connectivity index (χ4n) is 3.60. The molecule has 2 heteroatoms. The van der Waals surface area contributed by atoms with Gasteiger partial charge in [-0.1, -0.05) is 19.1 Å². The van der Waals surface area contributed by atoms with E-state index in [4.69, 9.17) is 0 Å². The Kier molecular flexibility index (Phi) is 4.74. The first-order valence-corrected chi connectivity index (χ1v) is 8.60. The Morgan fingerprint density at radius 1 is 1.14 bits per heavy atom. The van der Waals surface area contributed by atoms with Crippen molar-refractivity contribution >= 4 is 5.78 Å². The van der Waals surface area contributed by atoms with E-state index in [1.165, 1.54) is 56.3 Å². The normalized spacial score (nSPS) is 20.2. The molecule has 2 nitrogen and oxygen atoms in total. The lowest BCUT2D eigenvalue weighted by molar-refractivity contribution is 0.0952. The molecule has 0 atom stereocenters. The average molecular weight is 285 g/mol. The lowest BCUT2D eigenvalue weighted by atomic mass is 9.89. The number of hydrogen-bond donors (Lipinski definition) is 0. The lowest BCUT2D eigenvalue weighted by Gasteiger charge is -2.29. The van der Waals surface area contributed by atoms with Gasteiger partial charge in [-0.25, -0.2) is 0 Å². The van der Waals surface area contributed by atoms with E-state index in [1.807, 2.05) is 6.07 Å². The van der Waals surface area contributed by atoms with E-state index in [-0.39, 0.29) is 0 Å². The highest BCUT2D eigenvalue weighted by atomic mass is 16.1. The van der Waals surface area contributed by atoms with Crippen molar-refractivity contribution in [1.82, 2.24) is 4.90 Å². The van der Waals surface area contributed by atoms with Crippen LogP contribution in [0.4, 0.5) is 0 Å². The van der Waals surface area contributed by atoms with Crippen LogP contribution >= 0.6 is 0 Å². The second kappa shape index (κ2) is 6.74. The number of hydrogen-bond acceptors (Lipinski definition) is 2. The molecule has 0 bridgehead atoms. The summed E-state index contributed by atoms with van der Waals surface area (Å²) in [5, 5.41) is 0. The predicted molar refractivity (Wildman–Crippen MR) is 86.9 cm³/mol. The molecule has 1 aromatic carbocycles. The van der Waals surface area contributed by atoms with Crippen LogP contribution in [0.5, 0.6) is 0 Å². The van der Waals surface area contributed by atoms with E-state index in [1.54, 1.807) is 0 Å². The molecule has 21 heavy (non-hydrogen) atoms. The van der Waals surface area contributed by atoms with Crippen molar-refractivity contribution in [2.75, 3.05) is 19.6 Å². The molecule has 1 heterocycles. The summed E-state index contributed by atoms with van der Waals surface area (Å²) in [7, 11) is 0. The number of piperidine rings is 1.